The fourth-order valence-corrected chi connectivity index (χ4v) is 3.59. The van der Waals surface area contributed by atoms with Crippen LogP contribution in [0, 0.1) is 6.92 Å². The van der Waals surface area contributed by atoms with Gasteiger partial charge < -0.3 is 19.7 Å². The van der Waals surface area contributed by atoms with Crippen LogP contribution >= 0.6 is 0 Å². The maximum atomic E-state index is 12.3. The number of nitrogens with one attached hydrogen (secondary N) is 1. The molecule has 1 fully saturated rings. The molecule has 2 aliphatic heterocycles. The van der Waals surface area contributed by atoms with Crippen molar-refractivity contribution in [1.29, 1.82) is 0 Å². The molecule has 1 N–H and O–H groups in total. The number of nitrogens with zero attached hydrogens (tertiary/aromatic N) is 4. The standard InChI is InChI=1S/C21H27N5O3/c1-3-6-22-21(27)17-12-20(24-15(2)23-17)26-9-7-25(8-10-26)13-16-4-5-18-19(11-16)29-14-28-18/h4-5,11-12H,3,6-10,13-14H2,1-2H3,(H,22,27). The molecule has 154 valence electrons. The van der Waals surface area contributed by atoms with E-state index >= 15 is 0 Å². The van der Waals surface area contributed by atoms with Crippen molar-refractivity contribution in [3.05, 3.63) is 41.3 Å². The van der Waals surface area contributed by atoms with Gasteiger partial charge in [-0.2, -0.15) is 0 Å². The van der Waals surface area contributed by atoms with Crippen LogP contribution in [0.15, 0.2) is 24.3 Å². The Bertz CT molecular complexity index is 881. The third-order valence-corrected chi connectivity index (χ3v) is 5.13. The monoisotopic (exact) mass is 397 g/mol. The van der Waals surface area contributed by atoms with Gasteiger partial charge in [-0.25, -0.2) is 9.97 Å². The van der Waals surface area contributed by atoms with Gasteiger partial charge in [-0.05, 0) is 31.0 Å². The van der Waals surface area contributed by atoms with Gasteiger partial charge in [0.25, 0.3) is 5.91 Å². The van der Waals surface area contributed by atoms with E-state index in [9.17, 15) is 4.79 Å². The highest BCUT2D eigenvalue weighted by Gasteiger charge is 2.21. The van der Waals surface area contributed by atoms with Gasteiger partial charge in [-0.15, -0.1) is 0 Å². The predicted molar refractivity (Wildman–Crippen MR) is 109 cm³/mol. The van der Waals surface area contributed by atoms with E-state index < -0.39 is 0 Å². The van der Waals surface area contributed by atoms with Gasteiger partial charge in [0.1, 0.15) is 17.3 Å². The van der Waals surface area contributed by atoms with Crippen molar-refractivity contribution in [3.63, 3.8) is 0 Å². The van der Waals surface area contributed by atoms with Gasteiger partial charge in [0.15, 0.2) is 11.5 Å². The number of hydrogen-bond donors (Lipinski definition) is 1. The molecule has 0 saturated carbocycles. The summed E-state index contributed by atoms with van der Waals surface area (Å²) in [7, 11) is 0. The van der Waals surface area contributed by atoms with Crippen LogP contribution in [-0.4, -0.2) is 60.3 Å². The quantitative estimate of drug-likeness (QED) is 0.798. The molecule has 1 aromatic carbocycles. The van der Waals surface area contributed by atoms with E-state index in [1.54, 1.807) is 6.07 Å². The van der Waals surface area contributed by atoms with Gasteiger partial charge in [-0.1, -0.05) is 13.0 Å². The van der Waals surface area contributed by atoms with E-state index in [0.717, 1.165) is 56.5 Å². The summed E-state index contributed by atoms with van der Waals surface area (Å²) in [6, 6.07) is 7.92. The zero-order chi connectivity index (χ0) is 20.2. The second-order valence-corrected chi connectivity index (χ2v) is 7.37. The molecule has 3 heterocycles. The molecule has 2 aromatic rings. The Kier molecular flexibility index (Phi) is 5.80. The van der Waals surface area contributed by atoms with Crippen molar-refractivity contribution in [2.24, 2.45) is 0 Å². The lowest BCUT2D eigenvalue weighted by Gasteiger charge is -2.35. The first kappa shape index (κ1) is 19.4. The van der Waals surface area contributed by atoms with Crippen molar-refractivity contribution < 1.29 is 14.3 Å². The zero-order valence-corrected chi connectivity index (χ0v) is 17.0. The van der Waals surface area contributed by atoms with Crippen molar-refractivity contribution >= 4 is 11.7 Å². The largest absolute Gasteiger partial charge is 0.454 e. The van der Waals surface area contributed by atoms with Gasteiger partial charge in [0, 0.05) is 45.3 Å². The molecule has 4 rings (SSSR count). The smallest absolute Gasteiger partial charge is 0.270 e. The van der Waals surface area contributed by atoms with Crippen LogP contribution in [0.1, 0.15) is 35.2 Å². The van der Waals surface area contributed by atoms with E-state index in [1.165, 1.54) is 5.56 Å². The molecule has 0 atom stereocenters. The number of piperazine rings is 1. The van der Waals surface area contributed by atoms with Crippen molar-refractivity contribution in [3.8, 4) is 11.5 Å². The Morgan fingerprint density at radius 3 is 2.69 bits per heavy atom. The molecule has 8 nitrogen and oxygen atoms in total. The molecular formula is C21H27N5O3. The molecule has 0 radical (unpaired) electrons. The van der Waals surface area contributed by atoms with Gasteiger partial charge in [0.05, 0.1) is 0 Å². The first-order chi connectivity index (χ1) is 14.1. The fraction of sp³-hybridized carbons (Fsp3) is 0.476. The number of ether oxygens (including phenoxy) is 2. The number of aromatic nitrogens is 2. The summed E-state index contributed by atoms with van der Waals surface area (Å²) in [5, 5.41) is 2.88. The molecule has 8 heteroatoms. The molecular weight excluding hydrogens is 370 g/mol. The van der Waals surface area contributed by atoms with Crippen LogP contribution in [0.5, 0.6) is 11.5 Å². The number of carbonyl (C=O) groups excluding carboxylic acids is 1. The number of benzene rings is 1. The highest BCUT2D eigenvalue weighted by Crippen LogP contribution is 2.32. The molecule has 0 aliphatic carbocycles. The summed E-state index contributed by atoms with van der Waals surface area (Å²) in [6.07, 6.45) is 0.897. The predicted octanol–water partition coefficient (Wildman–Crippen LogP) is 1.98. The molecule has 1 aromatic heterocycles. The van der Waals surface area contributed by atoms with Crippen molar-refractivity contribution in [2.75, 3.05) is 44.4 Å². The summed E-state index contributed by atoms with van der Waals surface area (Å²) in [5.41, 5.74) is 1.65. The Morgan fingerprint density at radius 1 is 1.10 bits per heavy atom. The number of carbonyl (C=O) groups is 1. The molecule has 1 saturated heterocycles. The summed E-state index contributed by atoms with van der Waals surface area (Å²) < 4.78 is 10.9. The minimum Gasteiger partial charge on any atom is -0.454 e. The van der Waals surface area contributed by atoms with Gasteiger partial charge in [-0.3, -0.25) is 9.69 Å². The lowest BCUT2D eigenvalue weighted by atomic mass is 10.1. The van der Waals surface area contributed by atoms with Crippen molar-refractivity contribution in [2.45, 2.75) is 26.8 Å². The molecule has 0 unspecified atom stereocenters. The fourth-order valence-electron chi connectivity index (χ4n) is 3.59. The van der Waals surface area contributed by atoms with E-state index in [4.69, 9.17) is 9.47 Å². The average Bonchev–Trinajstić information content (AvgIpc) is 3.20. The molecule has 0 spiro atoms. The summed E-state index contributed by atoms with van der Waals surface area (Å²) in [4.78, 5) is 25.8. The third-order valence-electron chi connectivity index (χ3n) is 5.13. The third kappa shape index (κ3) is 4.59. The minimum atomic E-state index is -0.139. The number of anilines is 1. The molecule has 1 amide bonds. The summed E-state index contributed by atoms with van der Waals surface area (Å²) >= 11 is 0. The Hall–Kier alpha value is -2.87. The lowest BCUT2D eigenvalue weighted by molar-refractivity contribution is 0.0948. The van der Waals surface area contributed by atoms with Crippen LogP contribution in [0.4, 0.5) is 5.82 Å². The maximum Gasteiger partial charge on any atom is 0.270 e. The number of aryl methyl sites for hydroxylation is 1. The molecule has 2 aliphatic rings. The van der Waals surface area contributed by atoms with E-state index in [-0.39, 0.29) is 5.91 Å². The van der Waals surface area contributed by atoms with Crippen LogP contribution in [-0.2, 0) is 6.54 Å². The van der Waals surface area contributed by atoms with Crippen LogP contribution in [0.2, 0.25) is 0 Å². The van der Waals surface area contributed by atoms with Gasteiger partial charge >= 0.3 is 0 Å². The first-order valence-corrected chi connectivity index (χ1v) is 10.1. The number of rotatable bonds is 6. The second-order valence-electron chi connectivity index (χ2n) is 7.37. The highest BCUT2D eigenvalue weighted by molar-refractivity contribution is 5.92. The Morgan fingerprint density at radius 2 is 1.90 bits per heavy atom. The van der Waals surface area contributed by atoms with E-state index in [0.29, 0.717) is 24.9 Å². The minimum absolute atomic E-state index is 0.139. The maximum absolute atomic E-state index is 12.3. The first-order valence-electron chi connectivity index (χ1n) is 10.1. The summed E-state index contributed by atoms with van der Waals surface area (Å²) in [6.45, 7) is 9.25. The lowest BCUT2D eigenvalue weighted by Crippen LogP contribution is -2.46. The van der Waals surface area contributed by atoms with E-state index in [1.807, 2.05) is 19.9 Å². The van der Waals surface area contributed by atoms with Crippen LogP contribution < -0.4 is 19.7 Å². The summed E-state index contributed by atoms with van der Waals surface area (Å²) in [5.74, 6) is 2.94. The topological polar surface area (TPSA) is 79.8 Å². The SMILES string of the molecule is CCCNC(=O)c1cc(N2CCN(Cc3ccc4c(c3)OCO4)CC2)nc(C)n1. The van der Waals surface area contributed by atoms with Crippen molar-refractivity contribution in [1.82, 2.24) is 20.2 Å². The average molecular weight is 397 g/mol. The second kappa shape index (κ2) is 8.65. The van der Waals surface area contributed by atoms with Crippen LogP contribution in [0.25, 0.3) is 0 Å². The van der Waals surface area contributed by atoms with Crippen LogP contribution in [0.3, 0.4) is 0 Å². The Labute approximate surface area is 170 Å². The van der Waals surface area contributed by atoms with E-state index in [2.05, 4.69) is 37.2 Å². The molecule has 29 heavy (non-hydrogen) atoms. The number of fused-ring (bicyclic) bond motifs is 1. The number of amides is 1. The molecule has 0 bridgehead atoms. The number of hydrogen-bond acceptors (Lipinski definition) is 7. The zero-order valence-electron chi connectivity index (χ0n) is 17.0. The van der Waals surface area contributed by atoms with Gasteiger partial charge in [0.2, 0.25) is 6.79 Å². The Balaban J connectivity index is 1.37. The normalized spacial score (nSPS) is 16.1. The highest BCUT2D eigenvalue weighted by atomic mass is 16.7.